The minimum absolute atomic E-state index is 0.150. The molecular weight excluding hydrogens is 432 g/mol. The topological polar surface area (TPSA) is 96.5 Å². The maximum Gasteiger partial charge on any atom is 0.259 e. The number of fused-ring (bicyclic) bond motifs is 1. The normalized spacial score (nSPS) is 14.8. The van der Waals surface area contributed by atoms with E-state index in [1.165, 1.54) is 4.90 Å². The van der Waals surface area contributed by atoms with Crippen molar-refractivity contribution >= 4 is 29.1 Å². The first-order valence-corrected chi connectivity index (χ1v) is 10.5. The first-order chi connectivity index (χ1) is 15.4. The first-order valence-electron chi connectivity index (χ1n) is 10.1. The molecule has 2 aromatic carbocycles. The number of ether oxygens (including phenoxy) is 2. The molecule has 2 N–H and O–H groups in total. The van der Waals surface area contributed by atoms with Gasteiger partial charge in [-0.05, 0) is 47.9 Å². The lowest BCUT2D eigenvalue weighted by Crippen LogP contribution is -2.33. The van der Waals surface area contributed by atoms with Gasteiger partial charge in [-0.2, -0.15) is 5.10 Å². The average molecular weight is 455 g/mol. The lowest BCUT2D eigenvalue weighted by molar-refractivity contribution is -0.130. The number of rotatable bonds is 6. The van der Waals surface area contributed by atoms with E-state index in [4.69, 9.17) is 21.1 Å². The molecule has 0 radical (unpaired) electrons. The SMILES string of the molecule is CN(C)C(=O)COc1cc(-c2cn[nH]c2)ccc1NC(=O)C1COc2ccc(Cl)cc2C1. The number of nitrogens with one attached hydrogen (secondary N) is 2. The molecule has 0 fully saturated rings. The molecule has 8 nitrogen and oxygen atoms in total. The summed E-state index contributed by atoms with van der Waals surface area (Å²) in [7, 11) is 3.31. The molecule has 1 aliphatic heterocycles. The third-order valence-corrected chi connectivity index (χ3v) is 5.46. The number of hydrogen-bond donors (Lipinski definition) is 2. The van der Waals surface area contributed by atoms with Gasteiger partial charge in [-0.15, -0.1) is 0 Å². The van der Waals surface area contributed by atoms with E-state index >= 15 is 0 Å². The molecular formula is C23H23ClN4O4. The molecule has 1 aromatic heterocycles. The minimum Gasteiger partial charge on any atom is -0.492 e. The summed E-state index contributed by atoms with van der Waals surface area (Å²) in [5.74, 6) is 0.368. The number of carbonyl (C=O) groups is 2. The van der Waals surface area contributed by atoms with Crippen LogP contribution in [0.4, 0.5) is 5.69 Å². The Bertz CT molecular complexity index is 1130. The summed E-state index contributed by atoms with van der Waals surface area (Å²) in [5.41, 5.74) is 3.08. The number of likely N-dealkylation sites (N-methyl/N-ethyl adjacent to an activating group) is 1. The molecule has 2 amide bonds. The number of halogens is 1. The van der Waals surface area contributed by atoms with E-state index in [0.29, 0.717) is 22.9 Å². The zero-order chi connectivity index (χ0) is 22.7. The average Bonchev–Trinajstić information content (AvgIpc) is 3.32. The second-order valence-corrected chi connectivity index (χ2v) is 8.16. The molecule has 1 atom stereocenters. The van der Waals surface area contributed by atoms with Gasteiger partial charge >= 0.3 is 0 Å². The second kappa shape index (κ2) is 9.32. The molecule has 1 unspecified atom stereocenters. The number of amides is 2. The van der Waals surface area contributed by atoms with Gasteiger partial charge in [0.25, 0.3) is 5.91 Å². The summed E-state index contributed by atoms with van der Waals surface area (Å²) in [6, 6.07) is 10.8. The Morgan fingerprint density at radius 3 is 2.84 bits per heavy atom. The standard InChI is InChI=1S/C23H23ClN4O4/c1-28(2)22(29)13-32-21-9-14(17-10-25-26-11-17)3-5-19(21)27-23(30)16-7-15-8-18(24)4-6-20(15)31-12-16/h3-6,8-11,16H,7,12-13H2,1-2H3,(H,25,26)(H,27,30). The molecule has 0 bridgehead atoms. The molecule has 4 rings (SSSR count). The highest BCUT2D eigenvalue weighted by molar-refractivity contribution is 6.30. The smallest absolute Gasteiger partial charge is 0.259 e. The van der Waals surface area contributed by atoms with Crippen molar-refractivity contribution in [2.75, 3.05) is 32.6 Å². The number of aromatic nitrogens is 2. The number of hydrogen-bond acceptors (Lipinski definition) is 5. The minimum atomic E-state index is -0.384. The zero-order valence-corrected chi connectivity index (χ0v) is 18.5. The molecule has 32 heavy (non-hydrogen) atoms. The summed E-state index contributed by atoms with van der Waals surface area (Å²) in [5, 5.41) is 10.3. The number of H-pyrrole nitrogens is 1. The van der Waals surface area contributed by atoms with Crippen LogP contribution in [-0.2, 0) is 16.0 Å². The summed E-state index contributed by atoms with van der Waals surface area (Å²) in [6.07, 6.45) is 3.96. The second-order valence-electron chi connectivity index (χ2n) is 7.73. The van der Waals surface area contributed by atoms with Gasteiger partial charge in [-0.3, -0.25) is 14.7 Å². The summed E-state index contributed by atoms with van der Waals surface area (Å²) in [6.45, 7) is 0.117. The largest absolute Gasteiger partial charge is 0.492 e. The molecule has 166 valence electrons. The van der Waals surface area contributed by atoms with Crippen molar-refractivity contribution in [2.45, 2.75) is 6.42 Å². The Balaban J connectivity index is 1.53. The van der Waals surface area contributed by atoms with E-state index in [9.17, 15) is 9.59 Å². The van der Waals surface area contributed by atoms with Crippen LogP contribution in [0.25, 0.3) is 11.1 Å². The van der Waals surface area contributed by atoms with Crippen LogP contribution in [0.15, 0.2) is 48.8 Å². The zero-order valence-electron chi connectivity index (χ0n) is 17.7. The van der Waals surface area contributed by atoms with Crippen LogP contribution < -0.4 is 14.8 Å². The summed E-state index contributed by atoms with van der Waals surface area (Å²) in [4.78, 5) is 26.5. The van der Waals surface area contributed by atoms with E-state index < -0.39 is 0 Å². The van der Waals surface area contributed by atoms with Gasteiger partial charge in [-0.25, -0.2) is 0 Å². The quantitative estimate of drug-likeness (QED) is 0.595. The molecule has 0 aliphatic carbocycles. The van der Waals surface area contributed by atoms with Crippen LogP contribution in [0, 0.1) is 5.92 Å². The van der Waals surface area contributed by atoms with E-state index in [0.717, 1.165) is 22.4 Å². The van der Waals surface area contributed by atoms with E-state index in [-0.39, 0.29) is 30.9 Å². The lowest BCUT2D eigenvalue weighted by atomic mass is 9.96. The van der Waals surface area contributed by atoms with Crippen molar-refractivity contribution < 1.29 is 19.1 Å². The van der Waals surface area contributed by atoms with Crippen molar-refractivity contribution in [2.24, 2.45) is 5.92 Å². The summed E-state index contributed by atoms with van der Waals surface area (Å²) < 4.78 is 11.5. The number of benzene rings is 2. The van der Waals surface area contributed by atoms with Crippen molar-refractivity contribution in [1.29, 1.82) is 0 Å². The van der Waals surface area contributed by atoms with E-state index in [1.54, 1.807) is 44.7 Å². The Kier molecular flexibility index (Phi) is 6.32. The lowest BCUT2D eigenvalue weighted by Gasteiger charge is -2.25. The van der Waals surface area contributed by atoms with Crippen molar-refractivity contribution in [3.05, 3.63) is 59.4 Å². The van der Waals surface area contributed by atoms with Gasteiger partial charge in [0.05, 0.1) is 17.8 Å². The third kappa shape index (κ3) is 4.86. The Hall–Kier alpha value is -3.52. The van der Waals surface area contributed by atoms with Gasteiger partial charge in [0.1, 0.15) is 18.1 Å². The fourth-order valence-corrected chi connectivity index (χ4v) is 3.56. The maximum absolute atomic E-state index is 13.0. The third-order valence-electron chi connectivity index (χ3n) is 5.22. The molecule has 1 aliphatic rings. The predicted molar refractivity (Wildman–Crippen MR) is 121 cm³/mol. The van der Waals surface area contributed by atoms with Crippen molar-refractivity contribution in [3.63, 3.8) is 0 Å². The van der Waals surface area contributed by atoms with Gasteiger partial charge in [0.2, 0.25) is 5.91 Å². The Labute approximate surface area is 190 Å². The monoisotopic (exact) mass is 454 g/mol. The molecule has 3 aromatic rings. The predicted octanol–water partition coefficient (Wildman–Crippen LogP) is 3.39. The van der Waals surface area contributed by atoms with Crippen molar-refractivity contribution in [3.8, 4) is 22.6 Å². The van der Waals surface area contributed by atoms with Gasteiger partial charge in [0, 0.05) is 30.9 Å². The summed E-state index contributed by atoms with van der Waals surface area (Å²) >= 11 is 6.08. The number of anilines is 1. The highest BCUT2D eigenvalue weighted by Gasteiger charge is 2.27. The van der Waals surface area contributed by atoms with Crippen molar-refractivity contribution in [1.82, 2.24) is 15.1 Å². The molecule has 9 heteroatoms. The fourth-order valence-electron chi connectivity index (χ4n) is 3.37. The van der Waals surface area contributed by atoms with Crippen LogP contribution in [0.1, 0.15) is 5.56 Å². The van der Waals surface area contributed by atoms with Crippen LogP contribution in [-0.4, -0.2) is 54.2 Å². The van der Waals surface area contributed by atoms with Gasteiger partial charge in [-0.1, -0.05) is 17.7 Å². The number of aromatic amines is 1. The Morgan fingerprint density at radius 1 is 1.25 bits per heavy atom. The molecule has 0 saturated heterocycles. The van der Waals surface area contributed by atoms with Gasteiger partial charge in [0.15, 0.2) is 6.61 Å². The van der Waals surface area contributed by atoms with Crippen LogP contribution in [0.3, 0.4) is 0 Å². The van der Waals surface area contributed by atoms with E-state index in [1.807, 2.05) is 18.2 Å². The Morgan fingerprint density at radius 2 is 2.09 bits per heavy atom. The number of carbonyl (C=O) groups excluding carboxylic acids is 2. The van der Waals surface area contributed by atoms with Crippen LogP contribution in [0.5, 0.6) is 11.5 Å². The van der Waals surface area contributed by atoms with Crippen LogP contribution in [0.2, 0.25) is 5.02 Å². The maximum atomic E-state index is 13.0. The van der Waals surface area contributed by atoms with E-state index in [2.05, 4.69) is 15.5 Å². The highest BCUT2D eigenvalue weighted by atomic mass is 35.5. The highest BCUT2D eigenvalue weighted by Crippen LogP contribution is 2.33. The fraction of sp³-hybridized carbons (Fsp3) is 0.261. The molecule has 0 saturated carbocycles. The van der Waals surface area contributed by atoms with Crippen LogP contribution >= 0.6 is 11.6 Å². The number of nitrogens with zero attached hydrogens (tertiary/aromatic N) is 2. The molecule has 0 spiro atoms. The molecule has 2 heterocycles. The van der Waals surface area contributed by atoms with Gasteiger partial charge < -0.3 is 19.7 Å². The first kappa shape index (κ1) is 21.7.